The molecular formula is C11H17NO. The fourth-order valence-electron chi connectivity index (χ4n) is 2.49. The first-order valence-electron chi connectivity index (χ1n) is 5.11. The lowest BCUT2D eigenvalue weighted by molar-refractivity contribution is -0.126. The molecule has 0 aliphatic heterocycles. The van der Waals surface area contributed by atoms with Crippen molar-refractivity contribution in [1.82, 2.24) is 0 Å². The third-order valence-electron chi connectivity index (χ3n) is 4.53. The number of hydrogen-bond acceptors (Lipinski definition) is 2. The van der Waals surface area contributed by atoms with Crippen LogP contribution < -0.4 is 0 Å². The SMILES string of the molecule is CC1(C(C)(O)C2(C#N)CCC2)CC1. The molecule has 0 heterocycles. The first-order valence-corrected chi connectivity index (χ1v) is 5.11. The molecule has 0 bridgehead atoms. The number of hydrogen-bond donors (Lipinski definition) is 1. The zero-order valence-corrected chi connectivity index (χ0v) is 8.43. The van der Waals surface area contributed by atoms with E-state index in [0.717, 1.165) is 32.1 Å². The summed E-state index contributed by atoms with van der Waals surface area (Å²) < 4.78 is 0. The predicted molar refractivity (Wildman–Crippen MR) is 49.9 cm³/mol. The first kappa shape index (κ1) is 9.02. The maximum absolute atomic E-state index is 10.5. The van der Waals surface area contributed by atoms with E-state index in [1.807, 2.05) is 6.92 Å². The van der Waals surface area contributed by atoms with Gasteiger partial charge in [0.1, 0.15) is 0 Å². The third kappa shape index (κ3) is 0.914. The van der Waals surface area contributed by atoms with Crippen LogP contribution in [0.4, 0.5) is 0 Å². The van der Waals surface area contributed by atoms with Crippen molar-refractivity contribution in [3.05, 3.63) is 0 Å². The van der Waals surface area contributed by atoms with Crippen LogP contribution in [0.15, 0.2) is 0 Å². The van der Waals surface area contributed by atoms with Crippen LogP contribution in [-0.4, -0.2) is 10.7 Å². The van der Waals surface area contributed by atoms with Gasteiger partial charge < -0.3 is 5.11 Å². The van der Waals surface area contributed by atoms with Crippen molar-refractivity contribution in [1.29, 1.82) is 5.26 Å². The van der Waals surface area contributed by atoms with E-state index in [-0.39, 0.29) is 5.41 Å². The molecule has 72 valence electrons. The van der Waals surface area contributed by atoms with Gasteiger partial charge in [-0.3, -0.25) is 0 Å². The predicted octanol–water partition coefficient (Wildman–Crippen LogP) is 2.23. The van der Waals surface area contributed by atoms with E-state index in [9.17, 15) is 5.11 Å². The minimum Gasteiger partial charge on any atom is -0.388 e. The Morgan fingerprint density at radius 3 is 2.08 bits per heavy atom. The maximum atomic E-state index is 10.5. The molecule has 0 aromatic heterocycles. The zero-order valence-electron chi connectivity index (χ0n) is 8.43. The van der Waals surface area contributed by atoms with Crippen LogP contribution in [0.3, 0.4) is 0 Å². The molecule has 2 fully saturated rings. The van der Waals surface area contributed by atoms with Crippen molar-refractivity contribution in [2.24, 2.45) is 10.8 Å². The van der Waals surface area contributed by atoms with E-state index in [1.54, 1.807) is 0 Å². The normalized spacial score (nSPS) is 32.5. The van der Waals surface area contributed by atoms with Crippen LogP contribution >= 0.6 is 0 Å². The Morgan fingerprint density at radius 2 is 1.85 bits per heavy atom. The molecule has 0 saturated heterocycles. The van der Waals surface area contributed by atoms with Crippen molar-refractivity contribution < 1.29 is 5.11 Å². The van der Waals surface area contributed by atoms with E-state index >= 15 is 0 Å². The second-order valence-corrected chi connectivity index (χ2v) is 5.18. The molecule has 0 spiro atoms. The summed E-state index contributed by atoms with van der Waals surface area (Å²) in [5.41, 5.74) is -1.19. The fraction of sp³-hybridized carbons (Fsp3) is 0.909. The van der Waals surface area contributed by atoms with Crippen LogP contribution in [0.5, 0.6) is 0 Å². The third-order valence-corrected chi connectivity index (χ3v) is 4.53. The molecule has 1 N–H and O–H groups in total. The lowest BCUT2D eigenvalue weighted by Crippen LogP contribution is -2.54. The molecular weight excluding hydrogens is 162 g/mol. The van der Waals surface area contributed by atoms with Crippen molar-refractivity contribution in [2.75, 3.05) is 0 Å². The van der Waals surface area contributed by atoms with Gasteiger partial charge in [-0.15, -0.1) is 0 Å². The Bertz CT molecular complexity index is 266. The summed E-state index contributed by atoms with van der Waals surface area (Å²) in [6.45, 7) is 3.97. The Balaban J connectivity index is 2.28. The van der Waals surface area contributed by atoms with E-state index in [1.165, 1.54) is 0 Å². The number of rotatable bonds is 2. The smallest absolute Gasteiger partial charge is 0.0862 e. The lowest BCUT2D eigenvalue weighted by Gasteiger charge is -2.50. The number of nitrogens with zero attached hydrogens (tertiary/aromatic N) is 1. The van der Waals surface area contributed by atoms with Crippen LogP contribution in [0.25, 0.3) is 0 Å². The van der Waals surface area contributed by atoms with Crippen LogP contribution in [0.1, 0.15) is 46.0 Å². The highest BCUT2D eigenvalue weighted by Crippen LogP contribution is 2.64. The van der Waals surface area contributed by atoms with Gasteiger partial charge in [-0.1, -0.05) is 13.3 Å². The zero-order chi connectivity index (χ0) is 9.74. The summed E-state index contributed by atoms with van der Waals surface area (Å²) >= 11 is 0. The molecule has 2 saturated carbocycles. The second kappa shape index (κ2) is 2.27. The van der Waals surface area contributed by atoms with Crippen molar-refractivity contribution in [3.63, 3.8) is 0 Å². The Morgan fingerprint density at radius 1 is 1.31 bits per heavy atom. The van der Waals surface area contributed by atoms with Gasteiger partial charge in [0.05, 0.1) is 17.1 Å². The number of nitriles is 1. The van der Waals surface area contributed by atoms with Gasteiger partial charge in [-0.05, 0) is 38.0 Å². The largest absolute Gasteiger partial charge is 0.388 e. The maximum Gasteiger partial charge on any atom is 0.0862 e. The Kier molecular flexibility index (Phi) is 1.58. The lowest BCUT2D eigenvalue weighted by atomic mass is 9.55. The summed E-state index contributed by atoms with van der Waals surface area (Å²) in [5, 5.41) is 19.6. The summed E-state index contributed by atoms with van der Waals surface area (Å²) in [7, 11) is 0. The van der Waals surface area contributed by atoms with Gasteiger partial charge in [0.25, 0.3) is 0 Å². The summed E-state index contributed by atoms with van der Waals surface area (Å²) in [6.07, 6.45) is 5.00. The van der Waals surface area contributed by atoms with Gasteiger partial charge >= 0.3 is 0 Å². The molecule has 13 heavy (non-hydrogen) atoms. The molecule has 0 amide bonds. The van der Waals surface area contributed by atoms with E-state index in [0.29, 0.717) is 0 Å². The Labute approximate surface area is 79.6 Å². The van der Waals surface area contributed by atoms with E-state index < -0.39 is 11.0 Å². The van der Waals surface area contributed by atoms with Crippen LogP contribution in [-0.2, 0) is 0 Å². The summed E-state index contributed by atoms with van der Waals surface area (Å²) in [5.74, 6) is 0. The molecule has 2 heteroatoms. The topological polar surface area (TPSA) is 44.0 Å². The molecule has 2 rings (SSSR count). The van der Waals surface area contributed by atoms with Crippen LogP contribution in [0, 0.1) is 22.2 Å². The molecule has 0 radical (unpaired) electrons. The van der Waals surface area contributed by atoms with Crippen LogP contribution in [0.2, 0.25) is 0 Å². The van der Waals surface area contributed by atoms with Gasteiger partial charge in [-0.25, -0.2) is 0 Å². The highest BCUT2D eigenvalue weighted by atomic mass is 16.3. The molecule has 0 aromatic rings. The fourth-order valence-corrected chi connectivity index (χ4v) is 2.49. The summed E-state index contributed by atoms with van der Waals surface area (Å²) in [4.78, 5) is 0. The second-order valence-electron chi connectivity index (χ2n) is 5.18. The first-order chi connectivity index (χ1) is 5.97. The van der Waals surface area contributed by atoms with Gasteiger partial charge in [0.2, 0.25) is 0 Å². The van der Waals surface area contributed by atoms with Crippen molar-refractivity contribution >= 4 is 0 Å². The van der Waals surface area contributed by atoms with Gasteiger partial charge in [-0.2, -0.15) is 5.26 Å². The molecule has 2 nitrogen and oxygen atoms in total. The van der Waals surface area contributed by atoms with Crippen molar-refractivity contribution in [3.8, 4) is 6.07 Å². The minimum atomic E-state index is -0.771. The highest BCUT2D eigenvalue weighted by molar-refractivity contribution is 5.21. The summed E-state index contributed by atoms with van der Waals surface area (Å²) in [6, 6.07) is 2.35. The highest BCUT2D eigenvalue weighted by Gasteiger charge is 2.64. The van der Waals surface area contributed by atoms with Gasteiger partial charge in [0, 0.05) is 0 Å². The minimum absolute atomic E-state index is 0.0170. The van der Waals surface area contributed by atoms with E-state index in [2.05, 4.69) is 13.0 Å². The molecule has 0 aromatic carbocycles. The molecule has 2 aliphatic rings. The number of aliphatic hydroxyl groups is 1. The average molecular weight is 179 g/mol. The van der Waals surface area contributed by atoms with E-state index in [4.69, 9.17) is 5.26 Å². The molecule has 1 unspecified atom stereocenters. The van der Waals surface area contributed by atoms with Gasteiger partial charge in [0.15, 0.2) is 0 Å². The average Bonchev–Trinajstić information content (AvgIpc) is 2.67. The monoisotopic (exact) mass is 179 g/mol. The van der Waals surface area contributed by atoms with Crippen molar-refractivity contribution in [2.45, 2.75) is 51.6 Å². The standard InChI is InChI=1S/C11H17NO/c1-9(6-7-9)10(2,13)11(8-12)4-3-5-11/h13H,3-7H2,1-2H3. The molecule has 1 atom stereocenters. The molecule has 2 aliphatic carbocycles. The Hall–Kier alpha value is -0.550. The quantitative estimate of drug-likeness (QED) is 0.706.